The molecule has 0 aromatic heterocycles. The number of amides is 3. The number of benzene rings is 2. The first kappa shape index (κ1) is 20.8. The molecule has 8 heteroatoms. The molecular formula is C22H22ClN3O3S. The molecule has 0 radical (unpaired) electrons. The molecule has 2 aliphatic rings. The summed E-state index contributed by atoms with van der Waals surface area (Å²) in [6, 6.07) is 12.9. The van der Waals surface area contributed by atoms with Crippen molar-refractivity contribution in [3.8, 4) is 0 Å². The summed E-state index contributed by atoms with van der Waals surface area (Å²) < 4.78 is 0. The highest BCUT2D eigenvalue weighted by Crippen LogP contribution is 2.36. The Morgan fingerprint density at radius 3 is 2.67 bits per heavy atom. The second-order valence-corrected chi connectivity index (χ2v) is 9.11. The molecule has 0 aliphatic carbocycles. The van der Waals surface area contributed by atoms with Crippen molar-refractivity contribution < 1.29 is 14.4 Å². The van der Waals surface area contributed by atoms with Gasteiger partial charge in [-0.25, -0.2) is 0 Å². The van der Waals surface area contributed by atoms with Crippen LogP contribution in [0.4, 0.5) is 11.4 Å². The smallest absolute Gasteiger partial charge is 0.247 e. The Kier molecular flexibility index (Phi) is 6.01. The van der Waals surface area contributed by atoms with Gasteiger partial charge in [0.15, 0.2) is 5.25 Å². The molecule has 0 spiro atoms. The third kappa shape index (κ3) is 4.32. The number of carbonyl (C=O) groups is 3. The minimum Gasteiger partial charge on any atom is -0.341 e. The average Bonchev–Trinajstić information content (AvgIpc) is 2.75. The predicted octanol–water partition coefficient (Wildman–Crippen LogP) is 3.94. The van der Waals surface area contributed by atoms with Crippen LogP contribution >= 0.6 is 23.4 Å². The van der Waals surface area contributed by atoms with Gasteiger partial charge in [0.25, 0.3) is 0 Å². The largest absolute Gasteiger partial charge is 0.341 e. The van der Waals surface area contributed by atoms with E-state index in [1.807, 2.05) is 37.3 Å². The van der Waals surface area contributed by atoms with Crippen LogP contribution in [-0.2, 0) is 14.4 Å². The van der Waals surface area contributed by atoms with E-state index in [4.69, 9.17) is 11.6 Å². The Hall–Kier alpha value is -2.51. The van der Waals surface area contributed by atoms with E-state index in [0.717, 1.165) is 16.1 Å². The maximum absolute atomic E-state index is 13.0. The molecule has 0 saturated carbocycles. The molecule has 30 heavy (non-hydrogen) atoms. The minimum absolute atomic E-state index is 0.0637. The Labute approximate surface area is 184 Å². The van der Waals surface area contributed by atoms with E-state index in [1.54, 1.807) is 17.0 Å². The maximum atomic E-state index is 13.0. The van der Waals surface area contributed by atoms with E-state index in [2.05, 4.69) is 10.6 Å². The van der Waals surface area contributed by atoms with E-state index >= 15 is 0 Å². The summed E-state index contributed by atoms with van der Waals surface area (Å²) >= 11 is 7.31. The molecule has 6 nitrogen and oxygen atoms in total. The van der Waals surface area contributed by atoms with Crippen molar-refractivity contribution in [2.45, 2.75) is 29.9 Å². The highest BCUT2D eigenvalue weighted by molar-refractivity contribution is 8.01. The molecule has 4 rings (SSSR count). The van der Waals surface area contributed by atoms with Gasteiger partial charge in [-0.05, 0) is 49.6 Å². The quantitative estimate of drug-likeness (QED) is 0.704. The Bertz CT molecular complexity index is 1000. The third-order valence-electron chi connectivity index (χ3n) is 5.49. The van der Waals surface area contributed by atoms with Crippen molar-refractivity contribution in [2.24, 2.45) is 5.92 Å². The number of likely N-dealkylation sites (tertiary alicyclic amines) is 1. The van der Waals surface area contributed by atoms with Crippen molar-refractivity contribution in [2.75, 3.05) is 23.7 Å². The van der Waals surface area contributed by atoms with Crippen LogP contribution in [0.25, 0.3) is 0 Å². The van der Waals surface area contributed by atoms with Crippen LogP contribution in [0.15, 0.2) is 47.4 Å². The van der Waals surface area contributed by atoms with Crippen LogP contribution in [0.2, 0.25) is 5.02 Å². The number of nitrogens with one attached hydrogen (secondary N) is 2. The van der Waals surface area contributed by atoms with Gasteiger partial charge in [-0.2, -0.15) is 0 Å². The zero-order valence-corrected chi connectivity index (χ0v) is 18.1. The summed E-state index contributed by atoms with van der Waals surface area (Å²) in [6.07, 6.45) is 1.12. The van der Waals surface area contributed by atoms with Gasteiger partial charge < -0.3 is 15.5 Å². The van der Waals surface area contributed by atoms with E-state index in [1.165, 1.54) is 11.8 Å². The lowest BCUT2D eigenvalue weighted by atomic mass is 9.95. The number of para-hydroxylation sites is 1. The molecule has 2 aromatic rings. The van der Waals surface area contributed by atoms with Gasteiger partial charge in [0, 0.05) is 34.6 Å². The van der Waals surface area contributed by atoms with Crippen LogP contribution in [0.5, 0.6) is 0 Å². The zero-order chi connectivity index (χ0) is 21.3. The van der Waals surface area contributed by atoms with Crippen LogP contribution in [0, 0.1) is 12.8 Å². The number of nitrogens with zero attached hydrogens (tertiary/aromatic N) is 1. The van der Waals surface area contributed by atoms with Crippen molar-refractivity contribution in [3.05, 3.63) is 53.1 Å². The summed E-state index contributed by atoms with van der Waals surface area (Å²) in [6.45, 7) is 2.83. The molecule has 1 unspecified atom stereocenters. The number of thioether (sulfide) groups is 1. The monoisotopic (exact) mass is 443 g/mol. The van der Waals surface area contributed by atoms with Gasteiger partial charge in [-0.15, -0.1) is 11.8 Å². The van der Waals surface area contributed by atoms with Gasteiger partial charge in [0.1, 0.15) is 0 Å². The molecule has 2 aliphatic heterocycles. The molecule has 1 atom stereocenters. The first-order valence-electron chi connectivity index (χ1n) is 9.85. The van der Waals surface area contributed by atoms with E-state index < -0.39 is 5.25 Å². The fourth-order valence-electron chi connectivity index (χ4n) is 3.71. The molecule has 2 aromatic carbocycles. The first-order chi connectivity index (χ1) is 14.4. The van der Waals surface area contributed by atoms with Gasteiger partial charge in [-0.1, -0.05) is 29.8 Å². The second kappa shape index (κ2) is 8.70. The van der Waals surface area contributed by atoms with Crippen molar-refractivity contribution in [1.29, 1.82) is 0 Å². The Morgan fingerprint density at radius 2 is 1.90 bits per heavy atom. The summed E-state index contributed by atoms with van der Waals surface area (Å²) in [5.41, 5.74) is 2.39. The van der Waals surface area contributed by atoms with Gasteiger partial charge in [0.2, 0.25) is 17.7 Å². The number of halogens is 1. The SMILES string of the molecule is Cc1ccc(Cl)cc1NC(=O)C1CCN(C(=O)C2Sc3ccccc3NC2=O)CC1. The van der Waals surface area contributed by atoms with Crippen LogP contribution in [-0.4, -0.2) is 41.0 Å². The second-order valence-electron chi connectivity index (χ2n) is 7.53. The van der Waals surface area contributed by atoms with E-state index in [9.17, 15) is 14.4 Å². The van der Waals surface area contributed by atoms with E-state index in [0.29, 0.717) is 36.6 Å². The highest BCUT2D eigenvalue weighted by atomic mass is 35.5. The molecule has 2 N–H and O–H groups in total. The summed E-state index contributed by atoms with van der Waals surface area (Å²) in [7, 11) is 0. The third-order valence-corrected chi connectivity index (χ3v) is 6.98. The number of carbonyl (C=O) groups excluding carboxylic acids is 3. The predicted molar refractivity (Wildman–Crippen MR) is 119 cm³/mol. The Morgan fingerprint density at radius 1 is 1.17 bits per heavy atom. The lowest BCUT2D eigenvalue weighted by Gasteiger charge is -2.34. The van der Waals surface area contributed by atoms with Crippen LogP contribution < -0.4 is 10.6 Å². The van der Waals surface area contributed by atoms with Crippen molar-refractivity contribution >= 4 is 52.5 Å². The number of hydrogen-bond donors (Lipinski definition) is 2. The molecule has 1 saturated heterocycles. The fourth-order valence-corrected chi connectivity index (χ4v) is 4.95. The fraction of sp³-hybridized carbons (Fsp3) is 0.318. The molecule has 1 fully saturated rings. The van der Waals surface area contributed by atoms with E-state index in [-0.39, 0.29) is 23.6 Å². The molecule has 2 heterocycles. The van der Waals surface area contributed by atoms with Gasteiger partial charge in [0.05, 0.1) is 5.69 Å². The first-order valence-corrected chi connectivity index (χ1v) is 11.1. The number of piperidine rings is 1. The maximum Gasteiger partial charge on any atom is 0.247 e. The number of hydrogen-bond acceptors (Lipinski definition) is 4. The lowest BCUT2D eigenvalue weighted by molar-refractivity contribution is -0.136. The topological polar surface area (TPSA) is 78.5 Å². The van der Waals surface area contributed by atoms with Crippen molar-refractivity contribution in [1.82, 2.24) is 4.90 Å². The summed E-state index contributed by atoms with van der Waals surface area (Å²) in [4.78, 5) is 40.6. The van der Waals surface area contributed by atoms with Crippen LogP contribution in [0.1, 0.15) is 18.4 Å². The number of aryl methyl sites for hydroxylation is 1. The number of anilines is 2. The number of fused-ring (bicyclic) bond motifs is 1. The molecular weight excluding hydrogens is 422 g/mol. The molecule has 0 bridgehead atoms. The summed E-state index contributed by atoms with van der Waals surface area (Å²) in [5.74, 6) is -0.733. The van der Waals surface area contributed by atoms with Gasteiger partial charge >= 0.3 is 0 Å². The summed E-state index contributed by atoms with van der Waals surface area (Å²) in [5, 5.41) is 5.54. The van der Waals surface area contributed by atoms with Crippen molar-refractivity contribution in [3.63, 3.8) is 0 Å². The lowest BCUT2D eigenvalue weighted by Crippen LogP contribution is -2.48. The minimum atomic E-state index is -0.792. The highest BCUT2D eigenvalue weighted by Gasteiger charge is 2.37. The zero-order valence-electron chi connectivity index (χ0n) is 16.5. The standard InChI is InChI=1S/C22H22ClN3O3S/c1-13-6-7-15(23)12-17(13)25-20(27)14-8-10-26(11-9-14)22(29)19-21(28)24-16-4-2-3-5-18(16)30-19/h2-7,12,14,19H,8-11H2,1H3,(H,24,28)(H,25,27). The van der Waals surface area contributed by atoms with Gasteiger partial charge in [-0.3, -0.25) is 14.4 Å². The molecule has 156 valence electrons. The number of rotatable bonds is 3. The average molecular weight is 444 g/mol. The normalized spacial score (nSPS) is 19.1. The molecule has 3 amide bonds. The van der Waals surface area contributed by atoms with Crippen LogP contribution in [0.3, 0.4) is 0 Å². The Balaban J connectivity index is 1.35.